The summed E-state index contributed by atoms with van der Waals surface area (Å²) in [6.07, 6.45) is 3.45. The molecule has 0 radical (unpaired) electrons. The molecule has 0 heterocycles. The van der Waals surface area contributed by atoms with Crippen LogP contribution in [0, 0.1) is 22.0 Å². The number of allylic oxidation sites excluding steroid dienone is 2. The van der Waals surface area contributed by atoms with E-state index in [9.17, 15) is 53.0 Å². The lowest BCUT2D eigenvalue weighted by molar-refractivity contribution is -0.763. The van der Waals surface area contributed by atoms with Crippen molar-refractivity contribution in [1.29, 1.82) is 0 Å². The zero-order valence-electron chi connectivity index (χ0n) is 32.4. The maximum Gasteiger partial charge on any atom is 0.416 e. The molecule has 1 aliphatic carbocycles. The fourth-order valence-corrected chi connectivity index (χ4v) is 6.14. The van der Waals surface area contributed by atoms with Gasteiger partial charge in [0.1, 0.15) is 37.4 Å². The third kappa shape index (κ3) is 15.5. The van der Waals surface area contributed by atoms with E-state index in [1.54, 1.807) is 24.3 Å². The predicted molar refractivity (Wildman–Crippen MR) is 208 cm³/mol. The maximum atomic E-state index is 13.0. The van der Waals surface area contributed by atoms with Crippen LogP contribution in [0.25, 0.3) is 6.08 Å². The quantitative estimate of drug-likeness (QED) is 0.0198. The van der Waals surface area contributed by atoms with E-state index in [4.69, 9.17) is 18.9 Å². The summed E-state index contributed by atoms with van der Waals surface area (Å²) >= 11 is 0. The lowest BCUT2D eigenvalue weighted by Gasteiger charge is -2.19. The molecule has 0 bridgehead atoms. The number of hydrogen-bond donors (Lipinski definition) is 4. The summed E-state index contributed by atoms with van der Waals surface area (Å²) in [5.41, 5.74) is 0.0569. The molecule has 1 fully saturated rings. The molecule has 18 heteroatoms. The number of hydrogen-bond acceptors (Lipinski definition) is 13. The average molecular weight is 843 g/mol. The molecule has 322 valence electrons. The van der Waals surface area contributed by atoms with Crippen LogP contribution in [0.1, 0.15) is 48.8 Å². The molecule has 1 saturated carbocycles. The van der Waals surface area contributed by atoms with Crippen LogP contribution in [0.3, 0.4) is 0 Å². The van der Waals surface area contributed by atoms with Gasteiger partial charge in [0.05, 0.1) is 24.9 Å². The minimum absolute atomic E-state index is 0.0547. The van der Waals surface area contributed by atoms with Gasteiger partial charge in [0.2, 0.25) is 5.91 Å². The Morgan fingerprint density at radius 2 is 1.75 bits per heavy atom. The summed E-state index contributed by atoms with van der Waals surface area (Å²) in [5, 5.41) is 43.3. The molecule has 4 N–H and O–H groups in total. The van der Waals surface area contributed by atoms with Gasteiger partial charge in [0, 0.05) is 24.8 Å². The number of unbranched alkanes of at least 4 members (excludes halogenated alkanes) is 1. The van der Waals surface area contributed by atoms with Crippen molar-refractivity contribution in [3.05, 3.63) is 124 Å². The van der Waals surface area contributed by atoms with Crippen molar-refractivity contribution < 1.29 is 71.7 Å². The van der Waals surface area contributed by atoms with E-state index in [1.807, 2.05) is 12.2 Å². The number of alkyl halides is 3. The zero-order chi connectivity index (χ0) is 43.7. The number of aliphatic hydroxyl groups excluding tert-OH is 3. The number of ether oxygens (including phenoxy) is 4. The summed E-state index contributed by atoms with van der Waals surface area (Å²) in [5.74, 6) is -2.36. The van der Waals surface area contributed by atoms with Crippen LogP contribution < -0.4 is 24.3 Å². The summed E-state index contributed by atoms with van der Waals surface area (Å²) in [4.78, 5) is 51.9. The standard InChI is InChI=1S/C42H45F3N2O13/c1-56-38-21-27(15-19-40(52)59-32-11-6-8-28(20-32)25-58-47(54)55)14-18-37(38)60-41(53)24-46-39(51)13-5-3-2-4-12-33-34(36(50)23-35(33)49)17-16-30(48)26-57-31-10-7-9-29(22-31)42(43,44)45/h2,4,6-11,14-22,30,33-36,48-50H,3,5,12-13,23-26H2,1H3,(H,46,51)/b4-2-,17-16+,19-15+/t30-,33-,34-,35+,36-/m1/s1. The van der Waals surface area contributed by atoms with Gasteiger partial charge in [0.15, 0.2) is 11.5 Å². The predicted octanol–water partition coefficient (Wildman–Crippen LogP) is 5.53. The molecule has 3 aromatic rings. The van der Waals surface area contributed by atoms with E-state index in [0.717, 1.165) is 18.2 Å². The molecular formula is C42H45F3N2O13. The van der Waals surface area contributed by atoms with E-state index in [-0.39, 0.29) is 60.9 Å². The van der Waals surface area contributed by atoms with Gasteiger partial charge in [-0.05, 0) is 84.8 Å². The van der Waals surface area contributed by atoms with Gasteiger partial charge in [-0.3, -0.25) is 4.79 Å². The molecule has 1 aliphatic rings. The number of carbonyl (C=O) groups is 3. The first-order chi connectivity index (χ1) is 28.6. The molecule has 3 aromatic carbocycles. The smallest absolute Gasteiger partial charge is 0.416 e. The molecule has 0 aromatic heterocycles. The zero-order valence-corrected chi connectivity index (χ0v) is 32.4. The molecule has 5 atom stereocenters. The molecule has 0 aliphatic heterocycles. The number of rotatable bonds is 21. The first-order valence-corrected chi connectivity index (χ1v) is 18.7. The largest absolute Gasteiger partial charge is 0.493 e. The third-order valence-electron chi connectivity index (χ3n) is 9.11. The number of nitrogens with one attached hydrogen (secondary N) is 1. The van der Waals surface area contributed by atoms with Crippen molar-refractivity contribution >= 4 is 23.9 Å². The Hall–Kier alpha value is -6.24. The maximum absolute atomic E-state index is 13.0. The highest BCUT2D eigenvalue weighted by Gasteiger charge is 2.39. The highest BCUT2D eigenvalue weighted by molar-refractivity contribution is 5.89. The number of nitrogens with zero attached hydrogens (tertiary/aromatic N) is 1. The van der Waals surface area contributed by atoms with Crippen molar-refractivity contribution in [2.75, 3.05) is 20.3 Å². The van der Waals surface area contributed by atoms with Crippen LogP contribution in [0.2, 0.25) is 0 Å². The van der Waals surface area contributed by atoms with E-state index in [1.165, 1.54) is 55.7 Å². The minimum Gasteiger partial charge on any atom is -0.493 e. The number of amides is 1. The van der Waals surface area contributed by atoms with Crippen LogP contribution in [-0.2, 0) is 32.0 Å². The Labute approximate surface area is 342 Å². The van der Waals surface area contributed by atoms with Crippen molar-refractivity contribution in [3.63, 3.8) is 0 Å². The molecule has 0 unspecified atom stereocenters. The van der Waals surface area contributed by atoms with Crippen molar-refractivity contribution in [2.24, 2.45) is 11.8 Å². The van der Waals surface area contributed by atoms with Crippen molar-refractivity contribution in [2.45, 2.75) is 63.2 Å². The molecule has 4 rings (SSSR count). The molecular weight excluding hydrogens is 797 g/mol. The molecule has 0 spiro atoms. The topological polar surface area (TPSA) is 213 Å². The average Bonchev–Trinajstić information content (AvgIpc) is 3.48. The second-order valence-corrected chi connectivity index (χ2v) is 13.6. The van der Waals surface area contributed by atoms with Gasteiger partial charge in [0.25, 0.3) is 5.09 Å². The van der Waals surface area contributed by atoms with E-state index in [2.05, 4.69) is 10.2 Å². The lowest BCUT2D eigenvalue weighted by Crippen LogP contribution is -2.31. The van der Waals surface area contributed by atoms with Gasteiger partial charge in [-0.25, -0.2) is 9.59 Å². The van der Waals surface area contributed by atoms with Gasteiger partial charge < -0.3 is 44.4 Å². The van der Waals surface area contributed by atoms with Crippen molar-refractivity contribution in [1.82, 2.24) is 5.32 Å². The minimum atomic E-state index is -4.53. The highest BCUT2D eigenvalue weighted by Crippen LogP contribution is 2.37. The lowest BCUT2D eigenvalue weighted by atomic mass is 9.89. The summed E-state index contributed by atoms with van der Waals surface area (Å²) in [6, 6.07) is 14.9. The molecule has 60 heavy (non-hydrogen) atoms. The second-order valence-electron chi connectivity index (χ2n) is 13.6. The number of esters is 2. The van der Waals surface area contributed by atoms with E-state index < -0.39 is 59.5 Å². The SMILES string of the molecule is COc1cc(/C=C/C(=O)Oc2cccc(CO[N+](=O)[O-])c2)ccc1OC(=O)CNC(=O)CCC/C=C\C[C@@H]1[C@@H](/C=C/[C@@H](O)COc2cccc(C(F)(F)F)c2)[C@H](O)C[C@@H]1O. The van der Waals surface area contributed by atoms with Crippen LogP contribution in [0.4, 0.5) is 13.2 Å². The van der Waals surface area contributed by atoms with Crippen LogP contribution in [0.15, 0.2) is 97.1 Å². The Balaban J connectivity index is 1.14. The summed E-state index contributed by atoms with van der Waals surface area (Å²) in [6.45, 7) is -1.03. The van der Waals surface area contributed by atoms with Gasteiger partial charge in [-0.15, -0.1) is 10.1 Å². The molecule has 0 saturated heterocycles. The number of methoxy groups -OCH3 is 1. The Morgan fingerprint density at radius 1 is 0.983 bits per heavy atom. The first-order valence-electron chi connectivity index (χ1n) is 18.7. The number of halogens is 3. The van der Waals surface area contributed by atoms with Crippen LogP contribution in [-0.4, -0.2) is 76.8 Å². The highest BCUT2D eigenvalue weighted by atomic mass is 19.4. The fourth-order valence-electron chi connectivity index (χ4n) is 6.14. The monoisotopic (exact) mass is 842 g/mol. The number of carbonyl (C=O) groups excluding carboxylic acids is 3. The van der Waals surface area contributed by atoms with Crippen LogP contribution >= 0.6 is 0 Å². The Bertz CT molecular complexity index is 2020. The van der Waals surface area contributed by atoms with Crippen LogP contribution in [0.5, 0.6) is 23.0 Å². The van der Waals surface area contributed by atoms with Gasteiger partial charge in [-0.1, -0.05) is 48.6 Å². The van der Waals surface area contributed by atoms with E-state index in [0.29, 0.717) is 30.4 Å². The number of benzene rings is 3. The van der Waals surface area contributed by atoms with Crippen molar-refractivity contribution in [3.8, 4) is 23.0 Å². The second kappa shape index (κ2) is 22.8. The van der Waals surface area contributed by atoms with Gasteiger partial charge >= 0.3 is 18.1 Å². The fraction of sp³-hybridized carbons (Fsp3) is 0.357. The Kier molecular flexibility index (Phi) is 17.6. The first kappa shape index (κ1) is 46.4. The van der Waals surface area contributed by atoms with E-state index >= 15 is 0 Å². The Morgan fingerprint density at radius 3 is 2.50 bits per heavy atom. The molecule has 1 amide bonds. The van der Waals surface area contributed by atoms with Gasteiger partial charge in [-0.2, -0.15) is 13.2 Å². The summed E-state index contributed by atoms with van der Waals surface area (Å²) < 4.78 is 60.0. The summed E-state index contributed by atoms with van der Waals surface area (Å²) in [7, 11) is 1.36. The number of aliphatic hydroxyl groups is 3. The normalized spacial score (nSPS) is 18.4. The molecule has 15 nitrogen and oxygen atoms in total. The third-order valence-corrected chi connectivity index (χ3v) is 9.11.